The van der Waals surface area contributed by atoms with Crippen molar-refractivity contribution in [2.24, 2.45) is 11.7 Å². The van der Waals surface area contributed by atoms with Crippen LogP contribution >= 0.6 is 0 Å². The second-order valence-corrected chi connectivity index (χ2v) is 4.02. The quantitative estimate of drug-likeness (QED) is 0.579. The zero-order valence-corrected chi connectivity index (χ0v) is 8.43. The zero-order valence-electron chi connectivity index (χ0n) is 8.43. The predicted molar refractivity (Wildman–Crippen MR) is 58.6 cm³/mol. The lowest BCUT2D eigenvalue weighted by atomic mass is 10.1. The third kappa shape index (κ3) is 1.86. The largest absolute Gasteiger partial charge is 0.627 e. The fraction of sp³-hybridized carbons (Fsp3) is 0.364. The number of carbonyl (C=O) groups excluding carboxylic acids is 1. The summed E-state index contributed by atoms with van der Waals surface area (Å²) in [5.41, 5.74) is 5.92. The van der Waals surface area contributed by atoms with Gasteiger partial charge in [-0.2, -0.15) is 0 Å². The van der Waals surface area contributed by atoms with Crippen molar-refractivity contribution in [3.05, 3.63) is 35.5 Å². The molecule has 0 radical (unpaired) electrons. The summed E-state index contributed by atoms with van der Waals surface area (Å²) in [6.45, 7) is 0.719. The molecule has 1 aliphatic heterocycles. The summed E-state index contributed by atoms with van der Waals surface area (Å²) in [5.74, 6) is -0.635. The molecule has 1 aromatic carbocycles. The number of nitrogens with two attached hydrogens (primary N) is 1. The van der Waals surface area contributed by atoms with Crippen molar-refractivity contribution in [3.8, 4) is 0 Å². The Hall–Kier alpha value is -1.39. The number of nitrogens with zero attached hydrogens (tertiary/aromatic N) is 1. The van der Waals surface area contributed by atoms with Gasteiger partial charge in [0, 0.05) is 6.42 Å². The molecule has 0 aliphatic carbocycles. The minimum Gasteiger partial charge on any atom is -0.627 e. The summed E-state index contributed by atoms with van der Waals surface area (Å²) in [6.07, 6.45) is 0.591. The maximum Gasteiger partial charge on any atom is 0.226 e. The van der Waals surface area contributed by atoms with Crippen LogP contribution in [-0.2, 0) is 4.79 Å². The highest BCUT2D eigenvalue weighted by molar-refractivity contribution is 5.77. The number of primary amides is 1. The monoisotopic (exact) mass is 206 g/mol. The van der Waals surface area contributed by atoms with Gasteiger partial charge in [-0.05, 0) is 12.1 Å². The molecule has 4 heteroatoms. The first-order chi connectivity index (χ1) is 7.12. The summed E-state index contributed by atoms with van der Waals surface area (Å²) in [5, 5.41) is 12.3. The molecule has 2 atom stereocenters. The minimum atomic E-state index is -0.422. The van der Waals surface area contributed by atoms with E-state index in [4.69, 9.17) is 5.73 Å². The fourth-order valence-corrected chi connectivity index (χ4v) is 2.07. The Bertz CT molecular complexity index is 366. The van der Waals surface area contributed by atoms with E-state index in [1.807, 2.05) is 18.2 Å². The van der Waals surface area contributed by atoms with E-state index in [1.54, 1.807) is 12.1 Å². The third-order valence-electron chi connectivity index (χ3n) is 2.98. The molecule has 1 aromatic rings. The first-order valence-electron chi connectivity index (χ1n) is 5.05. The Morgan fingerprint density at radius 1 is 1.40 bits per heavy atom. The Balaban J connectivity index is 2.20. The number of benzene rings is 1. The smallest absolute Gasteiger partial charge is 0.226 e. The highest BCUT2D eigenvalue weighted by atomic mass is 16.5. The lowest BCUT2D eigenvalue weighted by Gasteiger charge is -2.38. The number of carbonyl (C=O) groups is 1. The fourth-order valence-electron chi connectivity index (χ4n) is 2.07. The van der Waals surface area contributed by atoms with Crippen molar-refractivity contribution in [2.45, 2.75) is 6.42 Å². The number of para-hydroxylation sites is 1. The van der Waals surface area contributed by atoms with Gasteiger partial charge in [0.1, 0.15) is 5.69 Å². The van der Waals surface area contributed by atoms with Crippen LogP contribution < -0.4 is 10.4 Å². The molecule has 1 saturated heterocycles. The highest BCUT2D eigenvalue weighted by Crippen LogP contribution is 2.30. The van der Waals surface area contributed by atoms with Gasteiger partial charge in [0.25, 0.3) is 0 Å². The van der Waals surface area contributed by atoms with Crippen LogP contribution in [0.2, 0.25) is 0 Å². The molecule has 2 N–H and O–H groups in total. The number of hydrogen-bond donors (Lipinski definition) is 1. The van der Waals surface area contributed by atoms with Crippen LogP contribution in [0.3, 0.4) is 0 Å². The molecule has 1 fully saturated rings. The molecule has 0 aromatic heterocycles. The van der Waals surface area contributed by atoms with Gasteiger partial charge in [0.2, 0.25) is 5.91 Å². The maximum absolute atomic E-state index is 12.3. The highest BCUT2D eigenvalue weighted by Gasteiger charge is 2.36. The first kappa shape index (κ1) is 10.1. The van der Waals surface area contributed by atoms with Gasteiger partial charge in [-0.25, -0.2) is 0 Å². The maximum atomic E-state index is 12.3. The molecule has 0 bridgehead atoms. The van der Waals surface area contributed by atoms with E-state index in [1.165, 1.54) is 0 Å². The molecule has 0 saturated carbocycles. The molecule has 4 nitrogen and oxygen atoms in total. The third-order valence-corrected chi connectivity index (χ3v) is 2.98. The van der Waals surface area contributed by atoms with Crippen LogP contribution in [0.4, 0.5) is 5.69 Å². The van der Waals surface area contributed by atoms with Gasteiger partial charge in [0.05, 0.1) is 19.0 Å². The van der Waals surface area contributed by atoms with Crippen molar-refractivity contribution in [1.82, 2.24) is 4.65 Å². The topological polar surface area (TPSA) is 66.2 Å². The van der Waals surface area contributed by atoms with E-state index >= 15 is 0 Å². The van der Waals surface area contributed by atoms with Crippen molar-refractivity contribution in [2.75, 3.05) is 13.1 Å². The van der Waals surface area contributed by atoms with Gasteiger partial charge in [0.15, 0.2) is 0 Å². The average Bonchev–Trinajstić information content (AvgIpc) is 2.64. The minimum absolute atomic E-state index is 0.275. The molecular weight excluding hydrogens is 192 g/mol. The Morgan fingerprint density at radius 3 is 2.60 bits per heavy atom. The van der Waals surface area contributed by atoms with Crippen molar-refractivity contribution in [1.29, 1.82) is 0 Å². The summed E-state index contributed by atoms with van der Waals surface area (Å²) in [7, 11) is 0. The van der Waals surface area contributed by atoms with Crippen molar-refractivity contribution in [3.63, 3.8) is 0 Å². The summed E-state index contributed by atoms with van der Waals surface area (Å²) >= 11 is 0. The van der Waals surface area contributed by atoms with E-state index in [2.05, 4.69) is 0 Å². The van der Waals surface area contributed by atoms with Crippen LogP contribution in [0.5, 0.6) is 0 Å². The van der Waals surface area contributed by atoms with Gasteiger partial charge >= 0.3 is 0 Å². The van der Waals surface area contributed by atoms with Crippen LogP contribution in [0.25, 0.3) is 0 Å². The molecule has 0 spiro atoms. The summed E-state index contributed by atoms with van der Waals surface area (Å²) in [6, 6.07) is 9.15. The van der Waals surface area contributed by atoms with E-state index in [9.17, 15) is 10.0 Å². The normalized spacial score (nSPS) is 30.3. The Morgan fingerprint density at radius 2 is 2.07 bits per heavy atom. The molecule has 80 valence electrons. The number of amides is 1. The molecule has 2 unspecified atom stereocenters. The van der Waals surface area contributed by atoms with Crippen LogP contribution in [0.1, 0.15) is 6.42 Å². The second-order valence-electron chi connectivity index (χ2n) is 4.02. The Labute approximate surface area is 88.5 Å². The van der Waals surface area contributed by atoms with Crippen molar-refractivity contribution >= 4 is 11.6 Å². The Kier molecular flexibility index (Phi) is 2.46. The second kappa shape index (κ2) is 3.64. The lowest BCUT2D eigenvalue weighted by molar-refractivity contribution is -0.121. The van der Waals surface area contributed by atoms with E-state index in [-0.39, 0.29) is 18.4 Å². The standard InChI is InChI=1S/C11H14N2O2/c12-11(14)9-6-7-13(15,8-9)10-4-2-1-3-5-10/h1-5,9H,6-8H2,(H2,12,14). The SMILES string of the molecule is NC(=O)C1CC[N+]([O-])(c2ccccc2)C1. The number of hydrogen-bond acceptors (Lipinski definition) is 2. The van der Waals surface area contributed by atoms with Crippen LogP contribution in [0.15, 0.2) is 30.3 Å². The van der Waals surface area contributed by atoms with Gasteiger partial charge in [-0.15, -0.1) is 0 Å². The van der Waals surface area contributed by atoms with Gasteiger partial charge in [-0.1, -0.05) is 18.2 Å². The average molecular weight is 206 g/mol. The summed E-state index contributed by atoms with van der Waals surface area (Å²) < 4.78 is -0.422. The van der Waals surface area contributed by atoms with E-state index < -0.39 is 4.65 Å². The zero-order chi connectivity index (χ0) is 10.9. The number of hydroxylamine groups is 2. The number of quaternary nitrogens is 1. The molecule has 1 heterocycles. The first-order valence-corrected chi connectivity index (χ1v) is 5.05. The lowest BCUT2D eigenvalue weighted by Crippen LogP contribution is -2.41. The molecule has 1 aliphatic rings. The van der Waals surface area contributed by atoms with Gasteiger partial charge in [-0.3, -0.25) is 4.79 Å². The molecule has 2 rings (SSSR count). The number of rotatable bonds is 2. The van der Waals surface area contributed by atoms with E-state index in [0.29, 0.717) is 18.7 Å². The van der Waals surface area contributed by atoms with E-state index in [0.717, 1.165) is 0 Å². The summed E-state index contributed by atoms with van der Waals surface area (Å²) in [4.78, 5) is 11.0. The van der Waals surface area contributed by atoms with Gasteiger partial charge < -0.3 is 15.6 Å². The van der Waals surface area contributed by atoms with Crippen molar-refractivity contribution < 1.29 is 4.79 Å². The molecule has 1 amide bonds. The molecular formula is C11H14N2O2. The van der Waals surface area contributed by atoms with Crippen LogP contribution in [-0.4, -0.2) is 19.0 Å². The van der Waals surface area contributed by atoms with Crippen LogP contribution in [0, 0.1) is 11.1 Å². The molecule has 15 heavy (non-hydrogen) atoms. The predicted octanol–water partition coefficient (Wildman–Crippen LogP) is 0.997.